The summed E-state index contributed by atoms with van der Waals surface area (Å²) in [6, 6.07) is 0. The fraction of sp³-hybridized carbons (Fsp3) is 1.00. The number of aliphatic hydroxyl groups is 1. The summed E-state index contributed by atoms with van der Waals surface area (Å²) in [5, 5.41) is 9.95. The minimum Gasteiger partial charge on any atom is -0.393 e. The van der Waals surface area contributed by atoms with Gasteiger partial charge in [-0.05, 0) is 30.3 Å². The van der Waals surface area contributed by atoms with E-state index in [-0.39, 0.29) is 6.10 Å². The maximum absolute atomic E-state index is 9.95. The highest BCUT2D eigenvalue weighted by Crippen LogP contribution is 2.21. The first-order valence-electron chi connectivity index (χ1n) is 6.01. The predicted molar refractivity (Wildman–Crippen MR) is 66.9 cm³/mol. The summed E-state index contributed by atoms with van der Waals surface area (Å²) < 4.78 is 0. The standard InChI is InChI=1S/C12H26OS/c1-4-7-9-11(10-14-6-3)12(13)8-5-2/h11-13H,4-10H2,1-3H3. The summed E-state index contributed by atoms with van der Waals surface area (Å²) in [6.45, 7) is 6.55. The van der Waals surface area contributed by atoms with Gasteiger partial charge in [0.1, 0.15) is 0 Å². The van der Waals surface area contributed by atoms with Gasteiger partial charge >= 0.3 is 0 Å². The normalized spacial score (nSPS) is 15.4. The summed E-state index contributed by atoms with van der Waals surface area (Å²) in [5.74, 6) is 2.83. The molecule has 0 saturated carbocycles. The van der Waals surface area contributed by atoms with Gasteiger partial charge in [-0.1, -0.05) is 40.0 Å². The molecular formula is C12H26OS. The molecule has 0 aromatic carbocycles. The van der Waals surface area contributed by atoms with E-state index in [1.165, 1.54) is 25.0 Å². The van der Waals surface area contributed by atoms with Crippen molar-refractivity contribution in [2.24, 2.45) is 5.92 Å². The minimum atomic E-state index is -0.0643. The molecule has 0 aliphatic carbocycles. The van der Waals surface area contributed by atoms with E-state index >= 15 is 0 Å². The second-order valence-corrected chi connectivity index (χ2v) is 5.24. The second-order valence-electron chi connectivity index (χ2n) is 3.92. The monoisotopic (exact) mass is 218 g/mol. The van der Waals surface area contributed by atoms with Crippen LogP contribution in [0.1, 0.15) is 52.9 Å². The van der Waals surface area contributed by atoms with Crippen LogP contribution in [-0.2, 0) is 0 Å². The van der Waals surface area contributed by atoms with Gasteiger partial charge in [0.2, 0.25) is 0 Å². The van der Waals surface area contributed by atoms with Crippen molar-refractivity contribution in [3.8, 4) is 0 Å². The Morgan fingerprint density at radius 2 is 1.79 bits per heavy atom. The number of aliphatic hydroxyl groups excluding tert-OH is 1. The zero-order valence-electron chi connectivity index (χ0n) is 9.96. The Balaban J connectivity index is 3.81. The van der Waals surface area contributed by atoms with Crippen molar-refractivity contribution in [2.45, 2.75) is 59.0 Å². The lowest BCUT2D eigenvalue weighted by atomic mass is 9.95. The SMILES string of the molecule is CCCCC(CSCC)C(O)CCC. The van der Waals surface area contributed by atoms with Crippen molar-refractivity contribution in [1.29, 1.82) is 0 Å². The van der Waals surface area contributed by atoms with E-state index in [4.69, 9.17) is 0 Å². The first-order chi connectivity index (χ1) is 6.76. The quantitative estimate of drug-likeness (QED) is 0.636. The molecule has 14 heavy (non-hydrogen) atoms. The van der Waals surface area contributed by atoms with Gasteiger partial charge in [-0.15, -0.1) is 0 Å². The molecule has 0 aromatic rings. The van der Waals surface area contributed by atoms with Gasteiger partial charge in [0.05, 0.1) is 6.10 Å². The lowest BCUT2D eigenvalue weighted by molar-refractivity contribution is 0.103. The molecule has 0 amide bonds. The molecule has 1 nitrogen and oxygen atoms in total. The number of hydrogen-bond donors (Lipinski definition) is 1. The van der Waals surface area contributed by atoms with E-state index in [1.807, 2.05) is 11.8 Å². The molecule has 0 aliphatic heterocycles. The maximum Gasteiger partial charge on any atom is 0.0576 e. The number of hydrogen-bond acceptors (Lipinski definition) is 2. The Labute approximate surface area is 93.7 Å². The summed E-state index contributed by atoms with van der Waals surface area (Å²) in [5.41, 5.74) is 0. The van der Waals surface area contributed by atoms with Crippen LogP contribution < -0.4 is 0 Å². The average molecular weight is 218 g/mol. The molecule has 0 heterocycles. The topological polar surface area (TPSA) is 20.2 Å². The van der Waals surface area contributed by atoms with Gasteiger partial charge in [0, 0.05) is 0 Å². The molecular weight excluding hydrogens is 192 g/mol. The molecule has 0 aliphatic rings. The van der Waals surface area contributed by atoms with Crippen LogP contribution in [0.25, 0.3) is 0 Å². The fourth-order valence-corrected chi connectivity index (χ4v) is 2.58. The van der Waals surface area contributed by atoms with Gasteiger partial charge in [-0.3, -0.25) is 0 Å². The van der Waals surface area contributed by atoms with Crippen molar-refractivity contribution in [2.75, 3.05) is 11.5 Å². The Bertz CT molecular complexity index is 109. The molecule has 0 spiro atoms. The van der Waals surface area contributed by atoms with Crippen molar-refractivity contribution < 1.29 is 5.11 Å². The molecule has 0 aromatic heterocycles. The van der Waals surface area contributed by atoms with Crippen molar-refractivity contribution in [3.63, 3.8) is 0 Å². The van der Waals surface area contributed by atoms with Crippen LogP contribution in [0.4, 0.5) is 0 Å². The van der Waals surface area contributed by atoms with Crippen LogP contribution >= 0.6 is 11.8 Å². The Morgan fingerprint density at radius 3 is 2.29 bits per heavy atom. The van der Waals surface area contributed by atoms with Crippen LogP contribution in [0.3, 0.4) is 0 Å². The lowest BCUT2D eigenvalue weighted by Gasteiger charge is -2.22. The molecule has 0 saturated heterocycles. The highest BCUT2D eigenvalue weighted by Gasteiger charge is 2.17. The third kappa shape index (κ3) is 6.72. The van der Waals surface area contributed by atoms with Gasteiger partial charge < -0.3 is 5.11 Å². The number of thioether (sulfide) groups is 1. The molecule has 1 N–H and O–H groups in total. The molecule has 0 bridgehead atoms. The first-order valence-corrected chi connectivity index (χ1v) is 7.17. The average Bonchev–Trinajstić information content (AvgIpc) is 2.18. The van der Waals surface area contributed by atoms with E-state index in [1.54, 1.807) is 0 Å². The van der Waals surface area contributed by atoms with Crippen LogP contribution in [-0.4, -0.2) is 22.7 Å². The van der Waals surface area contributed by atoms with Gasteiger partial charge in [0.25, 0.3) is 0 Å². The summed E-state index contributed by atoms with van der Waals surface area (Å²) >= 11 is 1.96. The van der Waals surface area contributed by atoms with E-state index in [0.29, 0.717) is 5.92 Å². The van der Waals surface area contributed by atoms with Crippen molar-refractivity contribution in [3.05, 3.63) is 0 Å². The fourth-order valence-electron chi connectivity index (χ4n) is 1.65. The molecule has 2 unspecified atom stereocenters. The highest BCUT2D eigenvalue weighted by atomic mass is 32.2. The zero-order chi connectivity index (χ0) is 10.8. The number of unbranched alkanes of at least 4 members (excludes halogenated alkanes) is 1. The zero-order valence-corrected chi connectivity index (χ0v) is 10.8. The third-order valence-corrected chi connectivity index (χ3v) is 3.67. The largest absolute Gasteiger partial charge is 0.393 e. The minimum absolute atomic E-state index is 0.0643. The van der Waals surface area contributed by atoms with Crippen LogP contribution in [0.2, 0.25) is 0 Å². The van der Waals surface area contributed by atoms with E-state index in [2.05, 4.69) is 20.8 Å². The van der Waals surface area contributed by atoms with E-state index in [0.717, 1.165) is 18.6 Å². The smallest absolute Gasteiger partial charge is 0.0576 e. The second kappa shape index (κ2) is 9.85. The Hall–Kier alpha value is 0.310. The van der Waals surface area contributed by atoms with Gasteiger partial charge in [0.15, 0.2) is 0 Å². The van der Waals surface area contributed by atoms with Crippen molar-refractivity contribution >= 4 is 11.8 Å². The highest BCUT2D eigenvalue weighted by molar-refractivity contribution is 7.99. The van der Waals surface area contributed by atoms with Crippen molar-refractivity contribution in [1.82, 2.24) is 0 Å². The Morgan fingerprint density at radius 1 is 1.07 bits per heavy atom. The lowest BCUT2D eigenvalue weighted by Crippen LogP contribution is -2.22. The summed E-state index contributed by atoms with van der Waals surface area (Å²) in [6.07, 6.45) is 5.71. The molecule has 0 radical (unpaired) electrons. The van der Waals surface area contributed by atoms with Crippen LogP contribution in [0.5, 0.6) is 0 Å². The molecule has 0 rings (SSSR count). The predicted octanol–water partition coefficient (Wildman–Crippen LogP) is 3.71. The maximum atomic E-state index is 9.95. The molecule has 0 fully saturated rings. The molecule has 2 heteroatoms. The van der Waals surface area contributed by atoms with E-state index in [9.17, 15) is 5.11 Å². The van der Waals surface area contributed by atoms with Gasteiger partial charge in [-0.2, -0.15) is 11.8 Å². The third-order valence-electron chi connectivity index (χ3n) is 2.59. The molecule has 86 valence electrons. The summed E-state index contributed by atoms with van der Waals surface area (Å²) in [4.78, 5) is 0. The summed E-state index contributed by atoms with van der Waals surface area (Å²) in [7, 11) is 0. The van der Waals surface area contributed by atoms with Crippen LogP contribution in [0, 0.1) is 5.92 Å². The van der Waals surface area contributed by atoms with Gasteiger partial charge in [-0.25, -0.2) is 0 Å². The first kappa shape index (κ1) is 14.3. The van der Waals surface area contributed by atoms with E-state index < -0.39 is 0 Å². The van der Waals surface area contributed by atoms with Crippen LogP contribution in [0.15, 0.2) is 0 Å². The molecule has 2 atom stereocenters. The number of rotatable bonds is 9. The Kier molecular flexibility index (Phi) is 10.1.